The molecule has 0 amide bonds. The van der Waals surface area contributed by atoms with Crippen LogP contribution in [-0.2, 0) is 0 Å². The molecule has 0 rings (SSSR count). The Hall–Kier alpha value is 0.0400. The van der Waals surface area contributed by atoms with Crippen molar-refractivity contribution in [3.63, 3.8) is 0 Å². The monoisotopic (exact) mass is 177 g/mol. The van der Waals surface area contributed by atoms with Crippen molar-refractivity contribution in [2.45, 2.75) is 26.1 Å². The van der Waals surface area contributed by atoms with Gasteiger partial charge in [0, 0.05) is 0 Å². The molecular weight excluding hydrogens is 167 g/mol. The van der Waals surface area contributed by atoms with Gasteiger partial charge in [0.15, 0.2) is 0 Å². The summed E-state index contributed by atoms with van der Waals surface area (Å²) in [6, 6.07) is -1.68. The van der Waals surface area contributed by atoms with E-state index in [1.165, 1.54) is 13.8 Å². The quantitative estimate of drug-likeness (QED) is 0.651. The van der Waals surface area contributed by atoms with E-state index < -0.39 is 18.1 Å². The first-order valence-electron chi connectivity index (χ1n) is 2.68. The highest BCUT2D eigenvalue weighted by Gasteiger charge is 2.38. The molecule has 0 spiro atoms. The number of hydrogen-bond acceptors (Lipinski definition) is 1. The molecule has 1 nitrogen and oxygen atoms in total. The van der Waals surface area contributed by atoms with Gasteiger partial charge in [0.1, 0.15) is 6.04 Å². The third-order valence-corrected chi connectivity index (χ3v) is 1.10. The van der Waals surface area contributed by atoms with Crippen LogP contribution in [0.1, 0.15) is 13.8 Å². The second-order valence-corrected chi connectivity index (χ2v) is 2.31. The SMILES string of the molecule is CC(C)[C@H](N)C(F)(F)F.Cl. The summed E-state index contributed by atoms with van der Waals surface area (Å²) >= 11 is 0. The number of hydrogen-bond donors (Lipinski definition) is 1. The summed E-state index contributed by atoms with van der Waals surface area (Å²) in [5.74, 6) is -0.537. The van der Waals surface area contributed by atoms with Crippen LogP contribution >= 0.6 is 12.4 Å². The standard InChI is InChI=1S/C5H10F3N.ClH/c1-3(2)4(9)5(6,7)8;/h3-4H,9H2,1-2H3;1H/t4-;/m0./s1. The van der Waals surface area contributed by atoms with E-state index in [-0.39, 0.29) is 12.4 Å². The van der Waals surface area contributed by atoms with Crippen LogP contribution in [0.2, 0.25) is 0 Å². The number of halogens is 4. The van der Waals surface area contributed by atoms with Crippen LogP contribution in [0.15, 0.2) is 0 Å². The Morgan fingerprint density at radius 2 is 1.50 bits per heavy atom. The van der Waals surface area contributed by atoms with Crippen LogP contribution in [0, 0.1) is 5.92 Å². The molecular formula is C5H11ClF3N. The molecule has 0 aliphatic rings. The summed E-state index contributed by atoms with van der Waals surface area (Å²) < 4.78 is 34.7. The lowest BCUT2D eigenvalue weighted by molar-refractivity contribution is -0.156. The number of rotatable bonds is 1. The van der Waals surface area contributed by atoms with E-state index in [2.05, 4.69) is 0 Å². The van der Waals surface area contributed by atoms with Crippen LogP contribution in [0.25, 0.3) is 0 Å². The molecule has 0 saturated carbocycles. The van der Waals surface area contributed by atoms with E-state index >= 15 is 0 Å². The smallest absolute Gasteiger partial charge is 0.320 e. The van der Waals surface area contributed by atoms with Gasteiger partial charge in [-0.25, -0.2) is 0 Å². The van der Waals surface area contributed by atoms with Crippen LogP contribution in [0.3, 0.4) is 0 Å². The minimum absolute atomic E-state index is 0. The Balaban J connectivity index is 0. The zero-order valence-corrected chi connectivity index (χ0v) is 6.59. The molecule has 10 heavy (non-hydrogen) atoms. The Labute approximate surface area is 64.2 Å². The van der Waals surface area contributed by atoms with Crippen molar-refractivity contribution in [3.05, 3.63) is 0 Å². The maximum Gasteiger partial charge on any atom is 0.403 e. The van der Waals surface area contributed by atoms with E-state index in [0.717, 1.165) is 0 Å². The van der Waals surface area contributed by atoms with E-state index in [0.29, 0.717) is 0 Å². The fraction of sp³-hybridized carbons (Fsp3) is 1.00. The molecule has 2 N–H and O–H groups in total. The molecule has 0 aromatic rings. The Kier molecular flexibility index (Phi) is 5.12. The van der Waals surface area contributed by atoms with Gasteiger partial charge in [-0.3, -0.25) is 0 Å². The molecule has 0 aliphatic heterocycles. The minimum atomic E-state index is -4.24. The van der Waals surface area contributed by atoms with Gasteiger partial charge in [0.25, 0.3) is 0 Å². The van der Waals surface area contributed by atoms with Gasteiger partial charge < -0.3 is 5.73 Å². The molecule has 0 aromatic carbocycles. The van der Waals surface area contributed by atoms with Crippen molar-refractivity contribution < 1.29 is 13.2 Å². The minimum Gasteiger partial charge on any atom is -0.320 e. The van der Waals surface area contributed by atoms with Crippen LogP contribution < -0.4 is 5.73 Å². The van der Waals surface area contributed by atoms with Crippen LogP contribution in [0.5, 0.6) is 0 Å². The second-order valence-electron chi connectivity index (χ2n) is 2.31. The largest absolute Gasteiger partial charge is 0.403 e. The number of alkyl halides is 3. The maximum absolute atomic E-state index is 11.6. The summed E-state index contributed by atoms with van der Waals surface area (Å²) in [6.07, 6.45) is -4.24. The van der Waals surface area contributed by atoms with Crippen LogP contribution in [-0.4, -0.2) is 12.2 Å². The third kappa shape index (κ3) is 3.95. The molecule has 0 fully saturated rings. The van der Waals surface area contributed by atoms with Gasteiger partial charge >= 0.3 is 6.18 Å². The zero-order chi connectivity index (χ0) is 7.65. The lowest BCUT2D eigenvalue weighted by atomic mass is 10.1. The van der Waals surface area contributed by atoms with Gasteiger partial charge in [-0.05, 0) is 5.92 Å². The second kappa shape index (κ2) is 4.03. The van der Waals surface area contributed by atoms with Crippen molar-refractivity contribution in [2.75, 3.05) is 0 Å². The summed E-state index contributed by atoms with van der Waals surface area (Å²) in [5.41, 5.74) is 4.77. The van der Waals surface area contributed by atoms with Gasteiger partial charge in [-0.15, -0.1) is 12.4 Å². The summed E-state index contributed by atoms with van der Waals surface area (Å²) in [5, 5.41) is 0. The Bertz CT molecular complexity index is 91.4. The predicted octanol–water partition coefficient (Wildman–Crippen LogP) is 1.95. The van der Waals surface area contributed by atoms with E-state index in [4.69, 9.17) is 5.73 Å². The fourth-order valence-corrected chi connectivity index (χ4v) is 0.378. The topological polar surface area (TPSA) is 26.0 Å². The van der Waals surface area contributed by atoms with Gasteiger partial charge in [-0.1, -0.05) is 13.8 Å². The first kappa shape index (κ1) is 12.7. The summed E-state index contributed by atoms with van der Waals surface area (Å²) in [7, 11) is 0. The lowest BCUT2D eigenvalue weighted by Gasteiger charge is -2.18. The zero-order valence-electron chi connectivity index (χ0n) is 5.77. The maximum atomic E-state index is 11.6. The average Bonchev–Trinajstić information content (AvgIpc) is 1.62. The fourth-order valence-electron chi connectivity index (χ4n) is 0.378. The van der Waals surface area contributed by atoms with Gasteiger partial charge in [0.05, 0.1) is 0 Å². The van der Waals surface area contributed by atoms with Crippen molar-refractivity contribution in [2.24, 2.45) is 11.7 Å². The molecule has 0 aliphatic carbocycles. The molecule has 0 bridgehead atoms. The highest BCUT2D eigenvalue weighted by molar-refractivity contribution is 5.85. The van der Waals surface area contributed by atoms with Gasteiger partial charge in [0.2, 0.25) is 0 Å². The first-order chi connectivity index (χ1) is 3.85. The summed E-state index contributed by atoms with van der Waals surface area (Å²) in [4.78, 5) is 0. The van der Waals surface area contributed by atoms with Gasteiger partial charge in [-0.2, -0.15) is 13.2 Å². The molecule has 0 saturated heterocycles. The van der Waals surface area contributed by atoms with Crippen molar-refractivity contribution in [1.29, 1.82) is 0 Å². The number of nitrogens with two attached hydrogens (primary N) is 1. The van der Waals surface area contributed by atoms with Crippen LogP contribution in [0.4, 0.5) is 13.2 Å². The molecule has 0 aromatic heterocycles. The predicted molar refractivity (Wildman–Crippen MR) is 36.1 cm³/mol. The molecule has 0 radical (unpaired) electrons. The highest BCUT2D eigenvalue weighted by atomic mass is 35.5. The highest BCUT2D eigenvalue weighted by Crippen LogP contribution is 2.22. The first-order valence-corrected chi connectivity index (χ1v) is 2.68. The lowest BCUT2D eigenvalue weighted by Crippen LogP contribution is -2.41. The average molecular weight is 178 g/mol. The van der Waals surface area contributed by atoms with Crippen molar-refractivity contribution in [3.8, 4) is 0 Å². The molecule has 1 atom stereocenters. The summed E-state index contributed by atoms with van der Waals surface area (Å²) in [6.45, 7) is 2.89. The van der Waals surface area contributed by atoms with Crippen molar-refractivity contribution in [1.82, 2.24) is 0 Å². The van der Waals surface area contributed by atoms with Crippen molar-refractivity contribution >= 4 is 12.4 Å². The molecule has 5 heteroatoms. The molecule has 0 unspecified atom stereocenters. The van der Waals surface area contributed by atoms with E-state index in [1.54, 1.807) is 0 Å². The van der Waals surface area contributed by atoms with E-state index in [9.17, 15) is 13.2 Å². The molecule has 64 valence electrons. The van der Waals surface area contributed by atoms with E-state index in [1.807, 2.05) is 0 Å². The Morgan fingerprint density at radius 1 is 1.20 bits per heavy atom. The normalized spacial score (nSPS) is 14.7. The molecule has 0 heterocycles. The Morgan fingerprint density at radius 3 is 1.50 bits per heavy atom. The third-order valence-electron chi connectivity index (χ3n) is 1.10.